The Morgan fingerprint density at radius 1 is 1.35 bits per heavy atom. The average Bonchev–Trinajstić information content (AvgIpc) is 2.83. The van der Waals surface area contributed by atoms with Gasteiger partial charge in [-0.2, -0.15) is 8.75 Å². The fourth-order valence-electron chi connectivity index (χ4n) is 1.69. The minimum Gasteiger partial charge on any atom is -0.548 e. The van der Waals surface area contributed by atoms with Gasteiger partial charge in [-0.05, 0) is 18.1 Å². The van der Waals surface area contributed by atoms with E-state index in [1.54, 1.807) is 19.9 Å². The van der Waals surface area contributed by atoms with Crippen molar-refractivity contribution in [3.63, 3.8) is 0 Å². The lowest BCUT2D eigenvalue weighted by Crippen LogP contribution is -2.50. The first-order valence-electron chi connectivity index (χ1n) is 5.77. The molecule has 2 rings (SSSR count). The Hall–Kier alpha value is -1.58. The first kappa shape index (κ1) is 14.8. The minimum absolute atomic E-state index is 0.0874. The zero-order chi connectivity index (χ0) is 14.9. The van der Waals surface area contributed by atoms with Gasteiger partial charge in [0.15, 0.2) is 0 Å². The van der Waals surface area contributed by atoms with E-state index in [0.717, 1.165) is 11.7 Å². The Morgan fingerprint density at radius 2 is 2.05 bits per heavy atom. The smallest absolute Gasteiger partial charge is 0.243 e. The molecule has 0 saturated heterocycles. The topological polar surface area (TPSA) is 112 Å². The number of nitrogens with one attached hydrogen (secondary N) is 1. The van der Waals surface area contributed by atoms with Gasteiger partial charge in [0, 0.05) is 0 Å². The van der Waals surface area contributed by atoms with Crippen LogP contribution in [0.1, 0.15) is 13.8 Å². The standard InChI is InChI=1S/C11H13N3O4S2/c1-6(2)9(11(15)16)14-20(17,18)8-5-3-4-7-10(8)13-19-12-7/h3-6,9,14H,1-2H3,(H,15,16)/p-1/t9-/m0/s1. The van der Waals surface area contributed by atoms with E-state index in [4.69, 9.17) is 0 Å². The molecule has 1 aromatic heterocycles. The molecule has 0 saturated carbocycles. The molecule has 0 aliphatic heterocycles. The highest BCUT2D eigenvalue weighted by Crippen LogP contribution is 2.21. The lowest BCUT2D eigenvalue weighted by molar-refractivity contribution is -0.309. The van der Waals surface area contributed by atoms with Crippen LogP contribution < -0.4 is 9.83 Å². The monoisotopic (exact) mass is 314 g/mol. The highest BCUT2D eigenvalue weighted by Gasteiger charge is 2.25. The van der Waals surface area contributed by atoms with Crippen molar-refractivity contribution in [3.05, 3.63) is 18.2 Å². The van der Waals surface area contributed by atoms with Crippen molar-refractivity contribution in [1.29, 1.82) is 0 Å². The number of carboxylic acids is 1. The number of carbonyl (C=O) groups is 1. The maximum Gasteiger partial charge on any atom is 0.243 e. The van der Waals surface area contributed by atoms with Gasteiger partial charge in [-0.3, -0.25) is 0 Å². The third-order valence-electron chi connectivity index (χ3n) is 2.74. The van der Waals surface area contributed by atoms with Crippen LogP contribution in [0, 0.1) is 5.92 Å². The van der Waals surface area contributed by atoms with E-state index in [9.17, 15) is 18.3 Å². The molecular formula is C11H12N3O4S2-. The van der Waals surface area contributed by atoms with Crippen molar-refractivity contribution in [2.24, 2.45) is 5.92 Å². The first-order chi connectivity index (χ1) is 9.33. The van der Waals surface area contributed by atoms with Crippen molar-refractivity contribution in [2.45, 2.75) is 24.8 Å². The van der Waals surface area contributed by atoms with Gasteiger partial charge in [0.25, 0.3) is 0 Å². The fraction of sp³-hybridized carbons (Fsp3) is 0.364. The zero-order valence-electron chi connectivity index (χ0n) is 10.7. The third-order valence-corrected chi connectivity index (χ3v) is 4.76. The van der Waals surface area contributed by atoms with Crippen LogP contribution in [0.5, 0.6) is 0 Å². The summed E-state index contributed by atoms with van der Waals surface area (Å²) in [6, 6.07) is 3.22. The lowest BCUT2D eigenvalue weighted by Gasteiger charge is -2.23. The lowest BCUT2D eigenvalue weighted by atomic mass is 10.1. The highest BCUT2D eigenvalue weighted by atomic mass is 32.2. The van der Waals surface area contributed by atoms with Crippen LogP contribution in [0.25, 0.3) is 11.0 Å². The summed E-state index contributed by atoms with van der Waals surface area (Å²) in [5.41, 5.74) is 0.679. The van der Waals surface area contributed by atoms with Crippen LogP contribution in [-0.4, -0.2) is 29.2 Å². The molecule has 0 radical (unpaired) electrons. The summed E-state index contributed by atoms with van der Waals surface area (Å²) in [5, 5.41) is 11.0. The molecule has 0 aliphatic rings. The van der Waals surface area contributed by atoms with Gasteiger partial charge >= 0.3 is 0 Å². The van der Waals surface area contributed by atoms with Crippen molar-refractivity contribution >= 4 is 38.8 Å². The summed E-state index contributed by atoms with van der Waals surface area (Å²) in [7, 11) is -4.01. The molecule has 7 nitrogen and oxygen atoms in total. The second-order valence-electron chi connectivity index (χ2n) is 4.55. The van der Waals surface area contributed by atoms with Crippen LogP contribution in [0.15, 0.2) is 23.1 Å². The molecule has 0 bridgehead atoms. The molecule has 0 unspecified atom stereocenters. The molecule has 20 heavy (non-hydrogen) atoms. The average molecular weight is 314 g/mol. The summed E-state index contributed by atoms with van der Waals surface area (Å²) in [6.45, 7) is 3.18. The molecule has 0 spiro atoms. The Labute approximate surface area is 120 Å². The van der Waals surface area contributed by atoms with Crippen molar-refractivity contribution < 1.29 is 18.3 Å². The first-order valence-corrected chi connectivity index (χ1v) is 7.99. The molecule has 0 aliphatic carbocycles. The second-order valence-corrected chi connectivity index (χ2v) is 6.76. The van der Waals surface area contributed by atoms with E-state index >= 15 is 0 Å². The van der Waals surface area contributed by atoms with Crippen molar-refractivity contribution in [1.82, 2.24) is 13.5 Å². The van der Waals surface area contributed by atoms with Crippen LogP contribution in [0.3, 0.4) is 0 Å². The number of sulfonamides is 1. The number of fused-ring (bicyclic) bond motifs is 1. The van der Waals surface area contributed by atoms with Gasteiger partial charge in [-0.1, -0.05) is 19.9 Å². The fourth-order valence-corrected chi connectivity index (χ4v) is 3.78. The van der Waals surface area contributed by atoms with Crippen LogP contribution in [0.4, 0.5) is 0 Å². The van der Waals surface area contributed by atoms with E-state index in [2.05, 4.69) is 13.5 Å². The van der Waals surface area contributed by atoms with Crippen molar-refractivity contribution in [2.75, 3.05) is 0 Å². The summed E-state index contributed by atoms with van der Waals surface area (Å²) in [4.78, 5) is 10.9. The maximum absolute atomic E-state index is 12.3. The number of nitrogens with zero attached hydrogens (tertiary/aromatic N) is 2. The molecule has 0 fully saturated rings. The van der Waals surface area contributed by atoms with E-state index in [-0.39, 0.29) is 10.4 Å². The van der Waals surface area contributed by atoms with Crippen LogP contribution >= 0.6 is 11.7 Å². The van der Waals surface area contributed by atoms with Gasteiger partial charge in [0.05, 0.1) is 23.7 Å². The quantitative estimate of drug-likeness (QED) is 0.814. The molecule has 108 valence electrons. The second kappa shape index (κ2) is 5.43. The third kappa shape index (κ3) is 2.79. The number of benzene rings is 1. The Kier molecular flexibility index (Phi) is 4.02. The van der Waals surface area contributed by atoms with Gasteiger partial charge in [-0.15, -0.1) is 0 Å². The van der Waals surface area contributed by atoms with Crippen LogP contribution in [0.2, 0.25) is 0 Å². The summed E-state index contributed by atoms with van der Waals surface area (Å²) >= 11 is 0.894. The molecule has 9 heteroatoms. The molecular weight excluding hydrogens is 302 g/mol. The Balaban J connectivity index is 2.45. The number of hydrogen-bond donors (Lipinski definition) is 1. The van der Waals surface area contributed by atoms with E-state index in [1.807, 2.05) is 0 Å². The molecule has 1 N–H and O–H groups in total. The van der Waals surface area contributed by atoms with Crippen molar-refractivity contribution in [3.8, 4) is 0 Å². The summed E-state index contributed by atoms with van der Waals surface area (Å²) < 4.78 is 34.6. The predicted octanol–water partition coefficient (Wildman–Crippen LogP) is -0.256. The summed E-state index contributed by atoms with van der Waals surface area (Å²) in [5.74, 6) is -1.91. The Bertz CT molecular complexity index is 739. The zero-order valence-corrected chi connectivity index (χ0v) is 12.4. The minimum atomic E-state index is -4.01. The molecule has 1 heterocycles. The SMILES string of the molecule is CC(C)[C@H](NS(=O)(=O)c1cccc2nsnc12)C(=O)[O-]. The molecule has 1 aromatic carbocycles. The number of carbonyl (C=O) groups excluding carboxylic acids is 1. The molecule has 0 amide bonds. The van der Waals surface area contributed by atoms with E-state index in [1.165, 1.54) is 12.1 Å². The number of carboxylic acid groups (broad SMARTS) is 1. The van der Waals surface area contributed by atoms with Gasteiger partial charge in [-0.25, -0.2) is 13.1 Å². The predicted molar refractivity (Wildman–Crippen MR) is 71.4 cm³/mol. The normalized spacial score (nSPS) is 13.8. The van der Waals surface area contributed by atoms with Gasteiger partial charge < -0.3 is 9.90 Å². The van der Waals surface area contributed by atoms with E-state index < -0.39 is 28.0 Å². The number of aromatic nitrogens is 2. The number of aliphatic carboxylic acids is 1. The number of hydrogen-bond acceptors (Lipinski definition) is 7. The van der Waals surface area contributed by atoms with E-state index in [0.29, 0.717) is 5.52 Å². The van der Waals surface area contributed by atoms with Gasteiger partial charge in [0.1, 0.15) is 15.9 Å². The highest BCUT2D eigenvalue weighted by molar-refractivity contribution is 7.89. The Morgan fingerprint density at radius 3 is 2.65 bits per heavy atom. The molecule has 2 aromatic rings. The largest absolute Gasteiger partial charge is 0.548 e. The van der Waals surface area contributed by atoms with Gasteiger partial charge in [0.2, 0.25) is 10.0 Å². The molecule has 1 atom stereocenters. The summed E-state index contributed by atoms with van der Waals surface area (Å²) in [6.07, 6.45) is 0. The number of rotatable bonds is 5. The van der Waals surface area contributed by atoms with Crippen LogP contribution in [-0.2, 0) is 14.8 Å². The maximum atomic E-state index is 12.3.